The molecule has 2 aliphatic carbocycles. The molecule has 1 unspecified atom stereocenters. The molecule has 0 amide bonds. The number of aryl methyl sites for hydroxylation is 2. The molecule has 0 radical (unpaired) electrons. The molecule has 2 aromatic rings. The van der Waals surface area contributed by atoms with E-state index in [1.807, 2.05) is 0 Å². The number of H-pyrrole nitrogens is 1. The molecule has 1 aromatic heterocycles. The number of nitrogens with one attached hydrogen (secondary N) is 2. The minimum absolute atomic E-state index is 0.428. The lowest BCUT2D eigenvalue weighted by molar-refractivity contribution is 0.164. The standard InChI is InChI=1S/C23H32N6OS/c1-28-11-8-23(15-28)9-12-29(13-10-23)31(30)22-25-21(26-27-22)24-20-18-6-2-4-16(18)14-17-5-3-7-19(17)20/h14H,2-13,15H2,1H3,(H2,24,25,26,27). The van der Waals surface area contributed by atoms with Crippen molar-refractivity contribution in [2.24, 2.45) is 5.41 Å². The van der Waals surface area contributed by atoms with Crippen molar-refractivity contribution in [2.45, 2.75) is 62.9 Å². The number of hydrogen-bond acceptors (Lipinski definition) is 5. The van der Waals surface area contributed by atoms with Crippen LogP contribution in [0.5, 0.6) is 0 Å². The largest absolute Gasteiger partial charge is 0.322 e. The van der Waals surface area contributed by atoms with E-state index in [2.05, 4.69) is 42.8 Å². The summed E-state index contributed by atoms with van der Waals surface area (Å²) in [6.07, 6.45) is 10.5. The van der Waals surface area contributed by atoms with Gasteiger partial charge in [0.15, 0.2) is 11.0 Å². The summed E-state index contributed by atoms with van der Waals surface area (Å²) in [6.45, 7) is 4.09. The van der Waals surface area contributed by atoms with Gasteiger partial charge in [-0.05, 0) is 99.0 Å². The summed E-state index contributed by atoms with van der Waals surface area (Å²) in [6, 6.07) is 2.43. The minimum Gasteiger partial charge on any atom is -0.322 e. The Hall–Kier alpha value is -1.77. The molecule has 2 fully saturated rings. The molecule has 3 heterocycles. The Labute approximate surface area is 186 Å². The molecule has 1 aromatic carbocycles. The lowest BCUT2D eigenvalue weighted by Gasteiger charge is -2.37. The number of nitrogens with zero attached hydrogens (tertiary/aromatic N) is 4. The van der Waals surface area contributed by atoms with E-state index >= 15 is 0 Å². The van der Waals surface area contributed by atoms with E-state index in [9.17, 15) is 4.21 Å². The number of rotatable bonds is 4. The fraction of sp³-hybridized carbons (Fsp3) is 0.652. The minimum atomic E-state index is -1.28. The van der Waals surface area contributed by atoms with Crippen LogP contribution in [0, 0.1) is 5.41 Å². The zero-order chi connectivity index (χ0) is 21.0. The maximum Gasteiger partial charge on any atom is 0.247 e. The first-order valence-electron chi connectivity index (χ1n) is 11.8. The number of anilines is 2. The quantitative estimate of drug-likeness (QED) is 0.764. The van der Waals surface area contributed by atoms with Gasteiger partial charge in [-0.2, -0.15) is 4.98 Å². The van der Waals surface area contributed by atoms with Gasteiger partial charge in [0.2, 0.25) is 11.1 Å². The van der Waals surface area contributed by atoms with Crippen molar-refractivity contribution in [3.05, 3.63) is 28.3 Å². The highest BCUT2D eigenvalue weighted by molar-refractivity contribution is 7.82. The smallest absolute Gasteiger partial charge is 0.247 e. The third-order valence-corrected chi connectivity index (χ3v) is 9.33. The number of piperidine rings is 1. The molecular formula is C23H32N6OS. The zero-order valence-corrected chi connectivity index (χ0v) is 19.2. The van der Waals surface area contributed by atoms with E-state index in [0.29, 0.717) is 16.5 Å². The van der Waals surface area contributed by atoms with Gasteiger partial charge in [-0.25, -0.2) is 13.6 Å². The average molecular weight is 441 g/mol. The van der Waals surface area contributed by atoms with Gasteiger partial charge in [-0.15, -0.1) is 5.10 Å². The first kappa shape index (κ1) is 19.9. The van der Waals surface area contributed by atoms with Crippen LogP contribution >= 0.6 is 0 Å². The highest BCUT2D eigenvalue weighted by atomic mass is 32.2. The van der Waals surface area contributed by atoms with Crippen molar-refractivity contribution >= 4 is 22.6 Å². The lowest BCUT2D eigenvalue weighted by atomic mass is 9.78. The van der Waals surface area contributed by atoms with Crippen LogP contribution in [0.3, 0.4) is 0 Å². The Morgan fingerprint density at radius 3 is 2.35 bits per heavy atom. The highest BCUT2D eigenvalue weighted by Gasteiger charge is 2.40. The molecule has 1 spiro atoms. The molecule has 8 heteroatoms. The van der Waals surface area contributed by atoms with Gasteiger partial charge in [0, 0.05) is 25.3 Å². The molecule has 2 saturated heterocycles. The highest BCUT2D eigenvalue weighted by Crippen LogP contribution is 2.41. The van der Waals surface area contributed by atoms with E-state index in [1.54, 1.807) is 0 Å². The fourth-order valence-corrected chi connectivity index (χ4v) is 7.32. The van der Waals surface area contributed by atoms with Gasteiger partial charge in [0.1, 0.15) is 0 Å². The number of benzene rings is 1. The predicted molar refractivity (Wildman–Crippen MR) is 122 cm³/mol. The summed E-state index contributed by atoms with van der Waals surface area (Å²) < 4.78 is 15.2. The van der Waals surface area contributed by atoms with Gasteiger partial charge in [-0.1, -0.05) is 6.07 Å². The van der Waals surface area contributed by atoms with Crippen molar-refractivity contribution in [2.75, 3.05) is 38.5 Å². The molecular weight excluding hydrogens is 408 g/mol. The van der Waals surface area contributed by atoms with Crippen molar-refractivity contribution in [3.8, 4) is 0 Å². The molecule has 0 bridgehead atoms. The van der Waals surface area contributed by atoms with E-state index in [-0.39, 0.29) is 0 Å². The normalized spacial score (nSPS) is 23.9. The van der Waals surface area contributed by atoms with Crippen LogP contribution in [0.1, 0.15) is 54.4 Å². The van der Waals surface area contributed by atoms with Crippen LogP contribution in [0.25, 0.3) is 0 Å². The Balaban J connectivity index is 1.17. The maximum atomic E-state index is 13.2. The van der Waals surface area contributed by atoms with E-state index in [0.717, 1.165) is 38.8 Å². The molecule has 2 N–H and O–H groups in total. The second-order valence-electron chi connectivity index (χ2n) is 9.99. The molecule has 0 saturated carbocycles. The first-order valence-corrected chi connectivity index (χ1v) is 12.9. The van der Waals surface area contributed by atoms with Gasteiger partial charge in [0.05, 0.1) is 0 Å². The second kappa shape index (κ2) is 7.67. The fourth-order valence-electron chi connectivity index (χ4n) is 6.28. The lowest BCUT2D eigenvalue weighted by Crippen LogP contribution is -2.42. The Morgan fingerprint density at radius 1 is 1.03 bits per heavy atom. The van der Waals surface area contributed by atoms with Crippen molar-refractivity contribution in [1.29, 1.82) is 0 Å². The van der Waals surface area contributed by atoms with E-state index < -0.39 is 11.0 Å². The monoisotopic (exact) mass is 440 g/mol. The third-order valence-electron chi connectivity index (χ3n) is 7.99. The number of hydrogen-bond donors (Lipinski definition) is 2. The topological polar surface area (TPSA) is 77.2 Å². The van der Waals surface area contributed by atoms with Crippen LogP contribution in [-0.4, -0.2) is 61.8 Å². The van der Waals surface area contributed by atoms with Crippen molar-refractivity contribution in [3.63, 3.8) is 0 Å². The molecule has 1 atom stereocenters. The molecule has 6 rings (SSSR count). The molecule has 2 aliphatic heterocycles. The van der Waals surface area contributed by atoms with Gasteiger partial charge in [-0.3, -0.25) is 0 Å². The van der Waals surface area contributed by atoms with Crippen LogP contribution in [0.15, 0.2) is 11.2 Å². The van der Waals surface area contributed by atoms with Crippen LogP contribution in [0.4, 0.5) is 11.6 Å². The molecule has 7 nitrogen and oxygen atoms in total. The van der Waals surface area contributed by atoms with Gasteiger partial charge in [0.25, 0.3) is 0 Å². The Kier molecular flexibility index (Phi) is 4.92. The number of fused-ring (bicyclic) bond motifs is 2. The van der Waals surface area contributed by atoms with E-state index in [4.69, 9.17) is 0 Å². The zero-order valence-electron chi connectivity index (χ0n) is 18.4. The summed E-state index contributed by atoms with van der Waals surface area (Å²) in [5.41, 5.74) is 7.51. The second-order valence-corrected chi connectivity index (χ2v) is 11.4. The Morgan fingerprint density at radius 2 is 1.71 bits per heavy atom. The maximum absolute atomic E-state index is 13.2. The van der Waals surface area contributed by atoms with Gasteiger partial charge >= 0.3 is 0 Å². The van der Waals surface area contributed by atoms with Crippen LogP contribution in [-0.2, 0) is 36.7 Å². The van der Waals surface area contributed by atoms with Crippen LogP contribution in [0.2, 0.25) is 0 Å². The van der Waals surface area contributed by atoms with Crippen molar-refractivity contribution in [1.82, 2.24) is 24.4 Å². The summed E-state index contributed by atoms with van der Waals surface area (Å²) in [5, 5.41) is 11.3. The van der Waals surface area contributed by atoms with Crippen LogP contribution < -0.4 is 5.32 Å². The first-order chi connectivity index (χ1) is 15.1. The van der Waals surface area contributed by atoms with E-state index in [1.165, 1.54) is 73.1 Å². The summed E-state index contributed by atoms with van der Waals surface area (Å²) in [7, 11) is 0.928. The molecule has 4 aliphatic rings. The number of aromatic amines is 1. The number of aromatic nitrogens is 3. The summed E-state index contributed by atoms with van der Waals surface area (Å²) in [5.74, 6) is 0.545. The Bertz CT molecular complexity index is 993. The predicted octanol–water partition coefficient (Wildman–Crippen LogP) is 2.97. The average Bonchev–Trinajstić information content (AvgIpc) is 3.55. The van der Waals surface area contributed by atoms with Gasteiger partial charge < -0.3 is 10.2 Å². The number of likely N-dealkylation sites (tertiary alicyclic amines) is 1. The molecule has 166 valence electrons. The third kappa shape index (κ3) is 3.52. The summed E-state index contributed by atoms with van der Waals surface area (Å²) in [4.78, 5) is 7.03. The molecule has 31 heavy (non-hydrogen) atoms. The SMILES string of the molecule is CN1CCC2(CCN(S(=O)c3nc(Nc4c5c(cc6c4CCC6)CCC5)n[nH]3)CC2)C1. The van der Waals surface area contributed by atoms with Crippen molar-refractivity contribution < 1.29 is 4.21 Å². The summed E-state index contributed by atoms with van der Waals surface area (Å²) >= 11 is 0.